The summed E-state index contributed by atoms with van der Waals surface area (Å²) < 4.78 is 0.543. The van der Waals surface area contributed by atoms with Crippen LogP contribution in [0, 0.1) is 0 Å². The fourth-order valence-corrected chi connectivity index (χ4v) is 6.81. The Morgan fingerprint density at radius 2 is 1.73 bits per heavy atom. The minimum atomic E-state index is 0. The number of hydrogen-bond acceptors (Lipinski definition) is 5. The lowest BCUT2D eigenvalue weighted by Gasteiger charge is -2.32. The van der Waals surface area contributed by atoms with Gasteiger partial charge in [-0.1, -0.05) is 12.1 Å². The fourth-order valence-electron chi connectivity index (χ4n) is 3.92. The number of rotatable bonds is 3. The van der Waals surface area contributed by atoms with E-state index in [1.807, 2.05) is 40.6 Å². The zero-order chi connectivity index (χ0) is 17.1. The van der Waals surface area contributed by atoms with Gasteiger partial charge in [-0.25, -0.2) is 0 Å². The van der Waals surface area contributed by atoms with Crippen LogP contribution in [-0.2, 0) is 0 Å². The van der Waals surface area contributed by atoms with Crippen LogP contribution in [0.1, 0.15) is 33.3 Å². The number of halogens is 1. The van der Waals surface area contributed by atoms with Gasteiger partial charge in [0.2, 0.25) is 0 Å². The van der Waals surface area contributed by atoms with Crippen molar-refractivity contribution in [1.82, 2.24) is 15.1 Å². The van der Waals surface area contributed by atoms with Crippen LogP contribution in [0.4, 0.5) is 0 Å². The summed E-state index contributed by atoms with van der Waals surface area (Å²) in [5.41, 5.74) is 2.20. The van der Waals surface area contributed by atoms with E-state index >= 15 is 0 Å². The maximum atomic E-state index is 12.8. The Kier molecular flexibility index (Phi) is 7.58. The first-order chi connectivity index (χ1) is 12.3. The average molecular weight is 414 g/mol. The molecule has 26 heavy (non-hydrogen) atoms. The fraction of sp³-hybridized carbons (Fsp3) is 0.632. The summed E-state index contributed by atoms with van der Waals surface area (Å²) in [6, 6.07) is 8.93. The van der Waals surface area contributed by atoms with Gasteiger partial charge in [0, 0.05) is 50.9 Å². The van der Waals surface area contributed by atoms with Gasteiger partial charge in [0.1, 0.15) is 0 Å². The number of thioether (sulfide) groups is 2. The number of piperazine rings is 1. The van der Waals surface area contributed by atoms with Crippen molar-refractivity contribution in [2.45, 2.75) is 23.5 Å². The van der Waals surface area contributed by atoms with Gasteiger partial charge >= 0.3 is 0 Å². The summed E-state index contributed by atoms with van der Waals surface area (Å²) in [5, 5.41) is 3.40. The largest absolute Gasteiger partial charge is 0.337 e. The van der Waals surface area contributed by atoms with Gasteiger partial charge in [-0.05, 0) is 42.0 Å². The molecule has 3 aliphatic heterocycles. The first-order valence-corrected chi connectivity index (χ1v) is 11.5. The second kappa shape index (κ2) is 9.69. The van der Waals surface area contributed by atoms with Crippen molar-refractivity contribution in [3.63, 3.8) is 0 Å². The van der Waals surface area contributed by atoms with E-state index in [0.29, 0.717) is 10.6 Å². The Balaban J connectivity index is 0.00000196. The van der Waals surface area contributed by atoms with E-state index in [0.717, 1.165) is 51.3 Å². The van der Waals surface area contributed by atoms with E-state index in [1.165, 1.54) is 23.5 Å². The molecular weight excluding hydrogens is 386 g/mol. The van der Waals surface area contributed by atoms with Crippen LogP contribution < -0.4 is 5.32 Å². The maximum Gasteiger partial charge on any atom is 0.253 e. The first kappa shape index (κ1) is 20.3. The molecule has 0 aliphatic carbocycles. The monoisotopic (exact) mass is 413 g/mol. The van der Waals surface area contributed by atoms with Crippen molar-refractivity contribution in [3.8, 4) is 0 Å². The number of carbonyl (C=O) groups is 1. The molecule has 1 unspecified atom stereocenters. The highest BCUT2D eigenvalue weighted by molar-refractivity contribution is 8.16. The van der Waals surface area contributed by atoms with E-state index in [-0.39, 0.29) is 18.3 Å². The molecule has 3 aliphatic rings. The number of amides is 1. The molecule has 1 N–H and O–H groups in total. The lowest BCUT2D eigenvalue weighted by atomic mass is 10.1. The third-order valence-electron chi connectivity index (χ3n) is 5.38. The number of carbonyl (C=O) groups excluding carboxylic acids is 1. The molecule has 1 aromatic rings. The van der Waals surface area contributed by atoms with Crippen LogP contribution in [0.2, 0.25) is 0 Å². The Morgan fingerprint density at radius 3 is 2.42 bits per heavy atom. The van der Waals surface area contributed by atoms with Crippen molar-refractivity contribution in [3.05, 3.63) is 35.4 Å². The summed E-state index contributed by atoms with van der Waals surface area (Å²) in [5.74, 6) is 2.70. The van der Waals surface area contributed by atoms with Crippen molar-refractivity contribution >= 4 is 41.8 Å². The number of hydrogen-bond donors (Lipinski definition) is 1. The Hall–Kier alpha value is -0.400. The molecule has 1 atom stereocenters. The molecule has 7 heteroatoms. The highest BCUT2D eigenvalue weighted by atomic mass is 35.5. The topological polar surface area (TPSA) is 35.6 Å². The molecular formula is C19H28ClN3OS2. The molecule has 3 heterocycles. The van der Waals surface area contributed by atoms with Gasteiger partial charge in [0.05, 0.1) is 4.58 Å². The van der Waals surface area contributed by atoms with E-state index in [9.17, 15) is 4.79 Å². The standard InChI is InChI=1S/C19H27N3OS2.ClH/c23-18(22-9-6-17(14-22)21-10-7-20-8-11-21)15-2-4-16(5-3-15)19-24-12-1-13-25-19;/h2-5,17,19-20H,1,6-14H2;1H. The molecule has 4 rings (SSSR count). The van der Waals surface area contributed by atoms with Crippen LogP contribution in [-0.4, -0.2) is 72.5 Å². The lowest BCUT2D eigenvalue weighted by Crippen LogP contribution is -2.49. The van der Waals surface area contributed by atoms with Crippen LogP contribution in [0.3, 0.4) is 0 Å². The molecule has 3 saturated heterocycles. The Morgan fingerprint density at radius 1 is 1.04 bits per heavy atom. The van der Waals surface area contributed by atoms with Crippen LogP contribution in [0.15, 0.2) is 24.3 Å². The summed E-state index contributed by atoms with van der Waals surface area (Å²) in [7, 11) is 0. The number of benzene rings is 1. The van der Waals surface area contributed by atoms with E-state index in [1.54, 1.807) is 0 Å². The van der Waals surface area contributed by atoms with Crippen LogP contribution >= 0.6 is 35.9 Å². The van der Waals surface area contributed by atoms with Crippen molar-refractivity contribution in [2.75, 3.05) is 50.8 Å². The highest BCUT2D eigenvalue weighted by Crippen LogP contribution is 2.43. The van der Waals surface area contributed by atoms with Gasteiger partial charge in [0.15, 0.2) is 0 Å². The number of nitrogens with zero attached hydrogens (tertiary/aromatic N) is 2. The van der Waals surface area contributed by atoms with Crippen LogP contribution in [0.25, 0.3) is 0 Å². The predicted octanol–water partition coefficient (Wildman–Crippen LogP) is 3.10. The molecule has 0 bridgehead atoms. The van der Waals surface area contributed by atoms with Crippen molar-refractivity contribution < 1.29 is 4.79 Å². The summed E-state index contributed by atoms with van der Waals surface area (Å²) in [4.78, 5) is 17.4. The maximum absolute atomic E-state index is 12.8. The number of likely N-dealkylation sites (tertiary alicyclic amines) is 1. The molecule has 4 nitrogen and oxygen atoms in total. The second-order valence-corrected chi connectivity index (χ2v) is 9.75. The predicted molar refractivity (Wildman–Crippen MR) is 115 cm³/mol. The van der Waals surface area contributed by atoms with Gasteiger partial charge in [0.25, 0.3) is 5.91 Å². The summed E-state index contributed by atoms with van der Waals surface area (Å²) >= 11 is 4.06. The SMILES string of the molecule is Cl.O=C(c1ccc(C2SCCCS2)cc1)N1CCC(N2CCNCC2)C1. The smallest absolute Gasteiger partial charge is 0.253 e. The Bertz CT molecular complexity index is 589. The Labute approximate surface area is 171 Å². The minimum Gasteiger partial charge on any atom is -0.337 e. The van der Waals surface area contributed by atoms with Gasteiger partial charge in [-0.3, -0.25) is 9.69 Å². The van der Waals surface area contributed by atoms with Crippen molar-refractivity contribution in [2.24, 2.45) is 0 Å². The number of nitrogens with one attached hydrogen (secondary N) is 1. The van der Waals surface area contributed by atoms with Crippen LogP contribution in [0.5, 0.6) is 0 Å². The molecule has 0 aromatic heterocycles. The highest BCUT2D eigenvalue weighted by Gasteiger charge is 2.31. The third-order valence-corrected chi connectivity index (χ3v) is 8.39. The minimum absolute atomic E-state index is 0. The zero-order valence-electron chi connectivity index (χ0n) is 15.1. The summed E-state index contributed by atoms with van der Waals surface area (Å²) in [6.45, 7) is 6.14. The normalized spacial score (nSPS) is 25.1. The third kappa shape index (κ3) is 4.71. The molecule has 0 saturated carbocycles. The molecule has 0 radical (unpaired) electrons. The molecule has 0 spiro atoms. The van der Waals surface area contributed by atoms with E-state index in [4.69, 9.17) is 0 Å². The first-order valence-electron chi connectivity index (χ1n) is 9.38. The zero-order valence-corrected chi connectivity index (χ0v) is 17.5. The average Bonchev–Trinajstić information content (AvgIpc) is 3.19. The summed E-state index contributed by atoms with van der Waals surface area (Å²) in [6.07, 6.45) is 2.42. The van der Waals surface area contributed by atoms with Gasteiger partial charge in [-0.15, -0.1) is 35.9 Å². The van der Waals surface area contributed by atoms with Gasteiger partial charge < -0.3 is 10.2 Å². The molecule has 1 aromatic carbocycles. The quantitative estimate of drug-likeness (QED) is 0.823. The molecule has 3 fully saturated rings. The molecule has 1 amide bonds. The molecule has 144 valence electrons. The van der Waals surface area contributed by atoms with Crippen molar-refractivity contribution in [1.29, 1.82) is 0 Å². The van der Waals surface area contributed by atoms with Gasteiger partial charge in [-0.2, -0.15) is 0 Å². The van der Waals surface area contributed by atoms with E-state index in [2.05, 4.69) is 22.3 Å². The second-order valence-electron chi connectivity index (χ2n) is 7.03. The van der Waals surface area contributed by atoms with E-state index < -0.39 is 0 Å². The lowest BCUT2D eigenvalue weighted by molar-refractivity contribution is 0.0773.